The summed E-state index contributed by atoms with van der Waals surface area (Å²) in [5.74, 6) is 0.443. The fourth-order valence-electron chi connectivity index (χ4n) is 4.13. The number of carbonyl (C=O) groups excluding carboxylic acids is 1. The quantitative estimate of drug-likeness (QED) is 0.520. The van der Waals surface area contributed by atoms with Crippen molar-refractivity contribution in [2.75, 3.05) is 37.7 Å². The molecule has 0 spiro atoms. The molecule has 168 valence electrons. The molecule has 0 radical (unpaired) electrons. The molecule has 8 heteroatoms. The molecule has 1 aliphatic heterocycles. The molecule has 4 N–H and O–H groups in total. The van der Waals surface area contributed by atoms with Crippen molar-refractivity contribution in [3.05, 3.63) is 60.0 Å². The monoisotopic (exact) mass is 435 g/mol. The number of pyridine rings is 2. The van der Waals surface area contributed by atoms with Crippen LogP contribution in [0, 0.1) is 6.92 Å². The molecule has 0 bridgehead atoms. The number of anilines is 1. The van der Waals surface area contributed by atoms with Crippen molar-refractivity contribution < 1.29 is 14.6 Å². The molecule has 1 atom stereocenters. The van der Waals surface area contributed by atoms with Gasteiger partial charge in [0, 0.05) is 60.9 Å². The molecule has 1 saturated heterocycles. The highest BCUT2D eigenvalue weighted by Crippen LogP contribution is 2.31. The summed E-state index contributed by atoms with van der Waals surface area (Å²) in [6.07, 6.45) is 4.99. The van der Waals surface area contributed by atoms with Crippen LogP contribution in [-0.2, 0) is 0 Å². The van der Waals surface area contributed by atoms with Gasteiger partial charge in [-0.2, -0.15) is 0 Å². The predicted molar refractivity (Wildman–Crippen MR) is 124 cm³/mol. The van der Waals surface area contributed by atoms with Gasteiger partial charge in [-0.3, -0.25) is 14.8 Å². The van der Waals surface area contributed by atoms with Crippen LogP contribution >= 0.6 is 0 Å². The second-order valence-electron chi connectivity index (χ2n) is 8.27. The minimum Gasteiger partial charge on any atom is -0.492 e. The van der Waals surface area contributed by atoms with E-state index in [9.17, 15) is 9.90 Å². The van der Waals surface area contributed by atoms with Crippen LogP contribution in [0.1, 0.15) is 28.9 Å². The maximum absolute atomic E-state index is 12.6. The van der Waals surface area contributed by atoms with E-state index in [0.29, 0.717) is 37.4 Å². The zero-order valence-electron chi connectivity index (χ0n) is 18.3. The van der Waals surface area contributed by atoms with E-state index in [4.69, 9.17) is 10.5 Å². The highest BCUT2D eigenvalue weighted by Gasteiger charge is 2.34. The molecule has 1 fully saturated rings. The lowest BCUT2D eigenvalue weighted by atomic mass is 9.92. The smallest absolute Gasteiger partial charge is 0.251 e. The van der Waals surface area contributed by atoms with E-state index in [-0.39, 0.29) is 12.5 Å². The Morgan fingerprint density at radius 2 is 2.12 bits per heavy atom. The molecule has 1 aliphatic rings. The molecule has 4 rings (SSSR count). The Balaban J connectivity index is 1.43. The zero-order valence-corrected chi connectivity index (χ0v) is 18.3. The van der Waals surface area contributed by atoms with Crippen LogP contribution < -0.4 is 20.7 Å². The van der Waals surface area contributed by atoms with Crippen molar-refractivity contribution >= 4 is 22.5 Å². The number of β-amino-alcohol motifs (C(OH)–C–C–N with tert-alkyl or cyclic N) is 1. The number of nitrogens with zero attached hydrogens (tertiary/aromatic N) is 3. The third-order valence-electron chi connectivity index (χ3n) is 5.69. The third kappa shape index (κ3) is 4.98. The molecule has 0 saturated carbocycles. The van der Waals surface area contributed by atoms with Crippen LogP contribution in [0.4, 0.5) is 5.69 Å². The van der Waals surface area contributed by atoms with Gasteiger partial charge in [0.05, 0.1) is 11.1 Å². The minimum absolute atomic E-state index is 0.175. The number of aromatic nitrogens is 2. The number of amides is 1. The maximum Gasteiger partial charge on any atom is 0.251 e. The van der Waals surface area contributed by atoms with Gasteiger partial charge in [0.1, 0.15) is 12.4 Å². The lowest BCUT2D eigenvalue weighted by molar-refractivity contribution is 0.0257. The summed E-state index contributed by atoms with van der Waals surface area (Å²) >= 11 is 0. The van der Waals surface area contributed by atoms with Crippen molar-refractivity contribution in [3.63, 3.8) is 0 Å². The standard InChI is InChI=1S/C24H29N5O3/c1-17-13-22(20-14-26-10-7-21(20)28-17)29-11-2-8-24(31,16-29)15-27-23(30)18-3-5-19(6-4-18)32-12-9-25/h3-7,10,13-14,31H,2,8-9,11-12,15-16,25H2,1H3,(H,27,30)/t24-/m0/s1. The molecule has 0 aliphatic carbocycles. The number of piperidine rings is 1. The van der Waals surface area contributed by atoms with E-state index in [1.807, 2.05) is 25.3 Å². The van der Waals surface area contributed by atoms with Crippen LogP contribution in [0.3, 0.4) is 0 Å². The van der Waals surface area contributed by atoms with E-state index in [2.05, 4.69) is 20.2 Å². The number of nitrogens with two attached hydrogens (primary N) is 1. The highest BCUT2D eigenvalue weighted by atomic mass is 16.5. The molecule has 0 unspecified atom stereocenters. The molecule has 3 aromatic rings. The number of fused-ring (bicyclic) bond motifs is 1. The van der Waals surface area contributed by atoms with Crippen LogP contribution in [0.25, 0.3) is 10.9 Å². The average Bonchev–Trinajstić information content (AvgIpc) is 2.81. The molecular weight excluding hydrogens is 406 g/mol. The summed E-state index contributed by atoms with van der Waals surface area (Å²) in [6.45, 7) is 4.25. The normalized spacial score (nSPS) is 18.5. The van der Waals surface area contributed by atoms with Crippen LogP contribution in [0.15, 0.2) is 48.8 Å². The van der Waals surface area contributed by atoms with E-state index in [0.717, 1.165) is 35.2 Å². The average molecular weight is 436 g/mol. The number of benzene rings is 1. The third-order valence-corrected chi connectivity index (χ3v) is 5.69. The van der Waals surface area contributed by atoms with Gasteiger partial charge in [-0.05, 0) is 56.2 Å². The van der Waals surface area contributed by atoms with Gasteiger partial charge >= 0.3 is 0 Å². The van der Waals surface area contributed by atoms with Crippen molar-refractivity contribution in [2.45, 2.75) is 25.4 Å². The van der Waals surface area contributed by atoms with Gasteiger partial charge in [0.2, 0.25) is 0 Å². The molecule has 3 heterocycles. The number of aryl methyl sites for hydroxylation is 1. The fraction of sp³-hybridized carbons (Fsp3) is 0.375. The molecule has 8 nitrogen and oxygen atoms in total. The fourth-order valence-corrected chi connectivity index (χ4v) is 4.13. The molecule has 1 amide bonds. The highest BCUT2D eigenvalue weighted by molar-refractivity contribution is 5.94. The van der Waals surface area contributed by atoms with Crippen molar-refractivity contribution in [1.82, 2.24) is 15.3 Å². The van der Waals surface area contributed by atoms with Gasteiger partial charge in [-0.1, -0.05) is 0 Å². The summed E-state index contributed by atoms with van der Waals surface area (Å²) in [4.78, 5) is 23.6. The van der Waals surface area contributed by atoms with Gasteiger partial charge < -0.3 is 25.8 Å². The number of carbonyl (C=O) groups is 1. The summed E-state index contributed by atoms with van der Waals surface area (Å²) in [5.41, 5.74) is 7.74. The number of aliphatic hydroxyl groups is 1. The van der Waals surface area contributed by atoms with Crippen LogP contribution in [-0.4, -0.2) is 59.4 Å². The number of ether oxygens (including phenoxy) is 1. The second kappa shape index (κ2) is 9.50. The van der Waals surface area contributed by atoms with Crippen molar-refractivity contribution in [1.29, 1.82) is 0 Å². The summed E-state index contributed by atoms with van der Waals surface area (Å²) in [6, 6.07) is 10.8. The minimum atomic E-state index is -1.02. The Hall–Kier alpha value is -3.23. The Labute approximate surface area is 187 Å². The molecular formula is C24H29N5O3. The first kappa shape index (κ1) is 22.0. The Kier molecular flexibility index (Phi) is 6.53. The number of nitrogens with one attached hydrogen (secondary N) is 1. The molecule has 32 heavy (non-hydrogen) atoms. The number of hydrogen-bond donors (Lipinski definition) is 3. The zero-order chi connectivity index (χ0) is 22.6. The SMILES string of the molecule is Cc1cc(N2CCC[C@](O)(CNC(=O)c3ccc(OCCN)cc3)C2)c2cnccc2n1. The number of hydrogen-bond acceptors (Lipinski definition) is 7. The number of rotatable bonds is 7. The lowest BCUT2D eigenvalue weighted by Crippen LogP contribution is -2.54. The Bertz CT molecular complexity index is 1090. The lowest BCUT2D eigenvalue weighted by Gasteiger charge is -2.41. The summed E-state index contributed by atoms with van der Waals surface area (Å²) < 4.78 is 5.44. The topological polar surface area (TPSA) is 114 Å². The largest absolute Gasteiger partial charge is 0.492 e. The Morgan fingerprint density at radius 1 is 1.31 bits per heavy atom. The molecule has 1 aromatic carbocycles. The van der Waals surface area contributed by atoms with E-state index < -0.39 is 5.60 Å². The maximum atomic E-state index is 12.6. The van der Waals surface area contributed by atoms with E-state index in [1.165, 1.54) is 0 Å². The van der Waals surface area contributed by atoms with Crippen molar-refractivity contribution in [3.8, 4) is 5.75 Å². The summed E-state index contributed by atoms with van der Waals surface area (Å²) in [7, 11) is 0. The van der Waals surface area contributed by atoms with E-state index >= 15 is 0 Å². The predicted octanol–water partition coefficient (Wildman–Crippen LogP) is 2.04. The first-order chi connectivity index (χ1) is 15.5. The van der Waals surface area contributed by atoms with Gasteiger partial charge in [0.25, 0.3) is 5.91 Å². The first-order valence-electron chi connectivity index (χ1n) is 10.9. The van der Waals surface area contributed by atoms with Gasteiger partial charge in [-0.15, -0.1) is 0 Å². The van der Waals surface area contributed by atoms with Crippen LogP contribution in [0.5, 0.6) is 5.75 Å². The van der Waals surface area contributed by atoms with Crippen LogP contribution in [0.2, 0.25) is 0 Å². The van der Waals surface area contributed by atoms with Gasteiger partial charge in [0.15, 0.2) is 0 Å². The summed E-state index contributed by atoms with van der Waals surface area (Å²) in [5, 5.41) is 15.1. The second-order valence-corrected chi connectivity index (χ2v) is 8.27. The van der Waals surface area contributed by atoms with Gasteiger partial charge in [-0.25, -0.2) is 0 Å². The Morgan fingerprint density at radius 3 is 2.91 bits per heavy atom. The van der Waals surface area contributed by atoms with E-state index in [1.54, 1.807) is 30.5 Å². The van der Waals surface area contributed by atoms with Crippen molar-refractivity contribution in [2.24, 2.45) is 5.73 Å². The molecule has 2 aromatic heterocycles. The first-order valence-corrected chi connectivity index (χ1v) is 10.9.